The van der Waals surface area contributed by atoms with Gasteiger partial charge in [0.05, 0.1) is 10.5 Å². The molecule has 0 aliphatic carbocycles. The van der Waals surface area contributed by atoms with Crippen LogP contribution in [0.5, 0.6) is 0 Å². The van der Waals surface area contributed by atoms with Crippen molar-refractivity contribution < 1.29 is 4.39 Å². The van der Waals surface area contributed by atoms with Crippen molar-refractivity contribution in [2.75, 3.05) is 0 Å². The van der Waals surface area contributed by atoms with Crippen molar-refractivity contribution in [1.29, 1.82) is 0 Å². The van der Waals surface area contributed by atoms with Gasteiger partial charge < -0.3 is 0 Å². The Morgan fingerprint density at radius 1 is 1.38 bits per heavy atom. The number of hydrogen-bond donors (Lipinski definition) is 2. The first-order valence-corrected chi connectivity index (χ1v) is 6.34. The summed E-state index contributed by atoms with van der Waals surface area (Å²) in [6.45, 7) is 0. The van der Waals surface area contributed by atoms with E-state index in [1.165, 1.54) is 6.07 Å². The van der Waals surface area contributed by atoms with Crippen LogP contribution in [0, 0.1) is 5.82 Å². The highest BCUT2D eigenvalue weighted by Crippen LogP contribution is 2.27. The molecule has 0 saturated heterocycles. The Hall–Kier alpha value is -0.750. The van der Waals surface area contributed by atoms with Gasteiger partial charge in [0.1, 0.15) is 5.82 Å². The van der Waals surface area contributed by atoms with Gasteiger partial charge in [-0.1, -0.05) is 12.1 Å². The molecule has 0 fully saturated rings. The molecule has 5 heteroatoms. The quantitative estimate of drug-likeness (QED) is 0.675. The van der Waals surface area contributed by atoms with Gasteiger partial charge in [-0.25, -0.2) is 9.82 Å². The second kappa shape index (κ2) is 5.05. The number of thiophene rings is 1. The number of hydrogen-bond acceptors (Lipinski definition) is 3. The molecule has 2 nitrogen and oxygen atoms in total. The zero-order valence-electron chi connectivity index (χ0n) is 8.28. The Kier molecular flexibility index (Phi) is 3.70. The predicted molar refractivity (Wildman–Crippen MR) is 67.6 cm³/mol. The zero-order chi connectivity index (χ0) is 11.5. The summed E-state index contributed by atoms with van der Waals surface area (Å²) in [6.07, 6.45) is 0. The molecule has 1 unspecified atom stereocenters. The molecule has 0 saturated carbocycles. The van der Waals surface area contributed by atoms with Gasteiger partial charge in [0, 0.05) is 4.88 Å². The third kappa shape index (κ3) is 2.32. The van der Waals surface area contributed by atoms with Crippen LogP contribution < -0.4 is 11.3 Å². The fourth-order valence-corrected chi connectivity index (χ4v) is 2.55. The van der Waals surface area contributed by atoms with Crippen molar-refractivity contribution in [3.05, 3.63) is 56.4 Å². The summed E-state index contributed by atoms with van der Waals surface area (Å²) in [5.74, 6) is 5.22. The van der Waals surface area contributed by atoms with Crippen LogP contribution in [0.3, 0.4) is 0 Å². The highest BCUT2D eigenvalue weighted by molar-refractivity contribution is 9.10. The number of benzene rings is 1. The van der Waals surface area contributed by atoms with Crippen molar-refractivity contribution in [1.82, 2.24) is 5.43 Å². The standard InChI is InChI=1S/C11H10BrFN2S/c12-8-4-3-7(6-9(8)13)11(15-14)10-2-1-5-16-10/h1-6,11,15H,14H2. The van der Waals surface area contributed by atoms with E-state index in [2.05, 4.69) is 21.4 Å². The van der Waals surface area contributed by atoms with E-state index in [1.807, 2.05) is 23.6 Å². The van der Waals surface area contributed by atoms with E-state index in [-0.39, 0.29) is 11.9 Å². The SMILES string of the molecule is NNC(c1ccc(Br)c(F)c1)c1cccs1. The highest BCUT2D eigenvalue weighted by atomic mass is 79.9. The second-order valence-electron chi connectivity index (χ2n) is 3.29. The summed E-state index contributed by atoms with van der Waals surface area (Å²) in [7, 11) is 0. The maximum absolute atomic E-state index is 13.4. The molecule has 0 amide bonds. The molecule has 2 rings (SSSR count). The third-order valence-electron chi connectivity index (χ3n) is 2.27. The maximum atomic E-state index is 13.4. The monoisotopic (exact) mass is 300 g/mol. The van der Waals surface area contributed by atoms with Crippen LogP contribution in [0.4, 0.5) is 4.39 Å². The number of nitrogens with two attached hydrogens (primary N) is 1. The molecule has 1 heterocycles. The van der Waals surface area contributed by atoms with Crippen LogP contribution in [0.15, 0.2) is 40.2 Å². The van der Waals surface area contributed by atoms with Gasteiger partial charge in [-0.15, -0.1) is 11.3 Å². The number of hydrazine groups is 1. The summed E-state index contributed by atoms with van der Waals surface area (Å²) >= 11 is 4.71. The van der Waals surface area contributed by atoms with Gasteiger partial charge in [-0.3, -0.25) is 5.84 Å². The lowest BCUT2D eigenvalue weighted by atomic mass is 10.1. The molecule has 2 aromatic rings. The van der Waals surface area contributed by atoms with Gasteiger partial charge >= 0.3 is 0 Å². The van der Waals surface area contributed by atoms with Gasteiger partial charge in [-0.2, -0.15) is 0 Å². The van der Waals surface area contributed by atoms with Crippen molar-refractivity contribution in [3.8, 4) is 0 Å². The Morgan fingerprint density at radius 3 is 2.75 bits per heavy atom. The van der Waals surface area contributed by atoms with Crippen LogP contribution in [0.25, 0.3) is 0 Å². The maximum Gasteiger partial charge on any atom is 0.137 e. The smallest absolute Gasteiger partial charge is 0.137 e. The first-order chi connectivity index (χ1) is 7.72. The Balaban J connectivity index is 2.37. The lowest BCUT2D eigenvalue weighted by Gasteiger charge is -2.14. The molecule has 16 heavy (non-hydrogen) atoms. The summed E-state index contributed by atoms with van der Waals surface area (Å²) < 4.78 is 13.9. The molecule has 0 spiro atoms. The number of nitrogens with one attached hydrogen (secondary N) is 1. The van der Waals surface area contributed by atoms with Gasteiger partial charge in [-0.05, 0) is 45.1 Å². The predicted octanol–water partition coefficient (Wildman–Crippen LogP) is 3.20. The van der Waals surface area contributed by atoms with Crippen molar-refractivity contribution >= 4 is 27.3 Å². The van der Waals surface area contributed by atoms with Crippen molar-refractivity contribution in [3.63, 3.8) is 0 Å². The van der Waals surface area contributed by atoms with E-state index in [1.54, 1.807) is 17.4 Å². The Labute approximate surface area is 105 Å². The normalized spacial score (nSPS) is 12.7. The third-order valence-corrected chi connectivity index (χ3v) is 3.85. The van der Waals surface area contributed by atoms with E-state index in [0.717, 1.165) is 10.4 Å². The van der Waals surface area contributed by atoms with Crippen LogP contribution >= 0.6 is 27.3 Å². The first-order valence-electron chi connectivity index (χ1n) is 4.67. The second-order valence-corrected chi connectivity index (χ2v) is 5.12. The van der Waals surface area contributed by atoms with E-state index in [9.17, 15) is 4.39 Å². The minimum absolute atomic E-state index is 0.164. The van der Waals surface area contributed by atoms with E-state index in [4.69, 9.17) is 5.84 Å². The van der Waals surface area contributed by atoms with E-state index in [0.29, 0.717) is 4.47 Å². The molecular formula is C11H10BrFN2S. The molecule has 0 aliphatic heterocycles. The summed E-state index contributed by atoms with van der Waals surface area (Å²) in [5.41, 5.74) is 3.51. The number of halogens is 2. The van der Waals surface area contributed by atoms with Crippen LogP contribution in [-0.2, 0) is 0 Å². The Bertz CT molecular complexity index is 473. The molecule has 0 radical (unpaired) electrons. The average Bonchev–Trinajstić information content (AvgIpc) is 2.78. The molecule has 1 aromatic heterocycles. The summed E-state index contributed by atoms with van der Waals surface area (Å²) in [4.78, 5) is 1.06. The lowest BCUT2D eigenvalue weighted by molar-refractivity contribution is 0.603. The number of rotatable bonds is 3. The molecule has 3 N–H and O–H groups in total. The minimum atomic E-state index is -0.283. The van der Waals surface area contributed by atoms with Gasteiger partial charge in [0.25, 0.3) is 0 Å². The molecule has 0 bridgehead atoms. The Morgan fingerprint density at radius 2 is 2.19 bits per heavy atom. The average molecular weight is 301 g/mol. The molecule has 0 aliphatic rings. The topological polar surface area (TPSA) is 38.0 Å². The van der Waals surface area contributed by atoms with Gasteiger partial charge in [0.2, 0.25) is 0 Å². The highest BCUT2D eigenvalue weighted by Gasteiger charge is 2.14. The van der Waals surface area contributed by atoms with Crippen LogP contribution in [-0.4, -0.2) is 0 Å². The fraction of sp³-hybridized carbons (Fsp3) is 0.0909. The molecule has 1 atom stereocenters. The molecular weight excluding hydrogens is 291 g/mol. The van der Waals surface area contributed by atoms with Crippen LogP contribution in [0.1, 0.15) is 16.5 Å². The van der Waals surface area contributed by atoms with Crippen molar-refractivity contribution in [2.45, 2.75) is 6.04 Å². The van der Waals surface area contributed by atoms with Gasteiger partial charge in [0.15, 0.2) is 0 Å². The van der Waals surface area contributed by atoms with E-state index >= 15 is 0 Å². The minimum Gasteiger partial charge on any atom is -0.271 e. The molecule has 84 valence electrons. The lowest BCUT2D eigenvalue weighted by Crippen LogP contribution is -2.28. The summed E-state index contributed by atoms with van der Waals surface area (Å²) in [5, 5.41) is 1.97. The largest absolute Gasteiger partial charge is 0.271 e. The van der Waals surface area contributed by atoms with Crippen LogP contribution in [0.2, 0.25) is 0 Å². The van der Waals surface area contributed by atoms with Crippen molar-refractivity contribution in [2.24, 2.45) is 5.84 Å². The molecule has 1 aromatic carbocycles. The summed E-state index contributed by atoms with van der Waals surface area (Å²) in [6, 6.07) is 8.76. The zero-order valence-corrected chi connectivity index (χ0v) is 10.7. The first kappa shape index (κ1) is 11.7. The van der Waals surface area contributed by atoms with E-state index < -0.39 is 0 Å². The fourth-order valence-electron chi connectivity index (χ4n) is 1.49.